The van der Waals surface area contributed by atoms with E-state index in [2.05, 4.69) is 4.90 Å². The van der Waals surface area contributed by atoms with E-state index >= 15 is 0 Å². The molecule has 0 aromatic rings. The number of hydrogen-bond donors (Lipinski definition) is 1. The molecule has 2 N–H and O–H groups in total. The Morgan fingerprint density at radius 1 is 1.35 bits per heavy atom. The molecular weight excluding hydrogens is 261 g/mol. The Kier molecular flexibility index (Phi) is 7.40. The van der Waals surface area contributed by atoms with Gasteiger partial charge in [-0.1, -0.05) is 6.92 Å². The lowest BCUT2D eigenvalue weighted by atomic mass is 10.1. The summed E-state index contributed by atoms with van der Waals surface area (Å²) >= 11 is 0. The minimum absolute atomic E-state index is 0. The molecule has 0 radical (unpaired) electrons. The number of nitrogens with zero attached hydrogens (tertiary/aromatic N) is 2. The molecule has 2 aliphatic heterocycles. The molecular formula is C11H23Cl2N3O. The molecule has 17 heavy (non-hydrogen) atoms. The van der Waals surface area contributed by atoms with Gasteiger partial charge in [0.1, 0.15) is 0 Å². The van der Waals surface area contributed by atoms with Crippen molar-refractivity contribution < 1.29 is 4.79 Å². The molecule has 0 spiro atoms. The summed E-state index contributed by atoms with van der Waals surface area (Å²) in [6, 6.07) is 0.310. The van der Waals surface area contributed by atoms with Crippen molar-refractivity contribution in [1.82, 2.24) is 9.80 Å². The van der Waals surface area contributed by atoms with Gasteiger partial charge in [-0.25, -0.2) is 0 Å². The van der Waals surface area contributed by atoms with E-state index in [0.717, 1.165) is 26.1 Å². The zero-order valence-corrected chi connectivity index (χ0v) is 11.9. The molecule has 0 bridgehead atoms. The third-order valence-corrected chi connectivity index (χ3v) is 3.66. The maximum atomic E-state index is 11.9. The molecule has 102 valence electrons. The lowest BCUT2D eigenvalue weighted by Gasteiger charge is -2.38. The van der Waals surface area contributed by atoms with Crippen molar-refractivity contribution in [2.24, 2.45) is 5.73 Å². The Bertz CT molecular complexity index is 253. The number of carbonyl (C=O) groups is 1. The zero-order chi connectivity index (χ0) is 10.8. The van der Waals surface area contributed by atoms with E-state index in [-0.39, 0.29) is 36.8 Å². The second kappa shape index (κ2) is 7.41. The Labute approximate surface area is 116 Å². The van der Waals surface area contributed by atoms with E-state index in [4.69, 9.17) is 5.73 Å². The molecule has 6 heteroatoms. The first-order valence-corrected chi connectivity index (χ1v) is 6.00. The lowest BCUT2D eigenvalue weighted by Crippen LogP contribution is -2.55. The third-order valence-electron chi connectivity index (χ3n) is 3.66. The highest BCUT2D eigenvalue weighted by Crippen LogP contribution is 2.21. The number of halogens is 2. The van der Waals surface area contributed by atoms with Crippen LogP contribution in [0.5, 0.6) is 0 Å². The zero-order valence-electron chi connectivity index (χ0n) is 10.3. The van der Waals surface area contributed by atoms with Crippen LogP contribution in [0.15, 0.2) is 0 Å². The molecule has 0 aliphatic carbocycles. The molecule has 1 amide bonds. The minimum atomic E-state index is -0.294. The van der Waals surface area contributed by atoms with Crippen molar-refractivity contribution in [3.63, 3.8) is 0 Å². The van der Waals surface area contributed by atoms with Crippen LogP contribution in [-0.4, -0.2) is 54.0 Å². The van der Waals surface area contributed by atoms with Gasteiger partial charge in [0.2, 0.25) is 5.91 Å². The van der Waals surface area contributed by atoms with Crippen LogP contribution in [0.25, 0.3) is 0 Å². The van der Waals surface area contributed by atoms with Gasteiger partial charge in [-0.15, -0.1) is 24.8 Å². The van der Waals surface area contributed by atoms with Crippen molar-refractivity contribution in [2.45, 2.75) is 38.3 Å². The smallest absolute Gasteiger partial charge is 0.239 e. The average Bonchev–Trinajstić information content (AvgIpc) is 2.73. The second-order valence-corrected chi connectivity index (χ2v) is 4.63. The number of amides is 1. The van der Waals surface area contributed by atoms with Crippen LogP contribution in [0.4, 0.5) is 0 Å². The quantitative estimate of drug-likeness (QED) is 0.818. The topological polar surface area (TPSA) is 49.6 Å². The van der Waals surface area contributed by atoms with Crippen molar-refractivity contribution >= 4 is 30.7 Å². The molecule has 2 aliphatic rings. The van der Waals surface area contributed by atoms with Gasteiger partial charge < -0.3 is 10.6 Å². The van der Waals surface area contributed by atoms with Gasteiger partial charge in [0.05, 0.1) is 6.04 Å². The minimum Gasteiger partial charge on any atom is -0.338 e. The fraction of sp³-hybridized carbons (Fsp3) is 0.909. The fourth-order valence-corrected chi connectivity index (χ4v) is 2.60. The number of hydrogen-bond acceptors (Lipinski definition) is 3. The van der Waals surface area contributed by atoms with Crippen molar-refractivity contribution in [3.8, 4) is 0 Å². The Morgan fingerprint density at radius 3 is 2.71 bits per heavy atom. The Balaban J connectivity index is 0.00000128. The number of carbonyl (C=O) groups excluding carboxylic acids is 1. The van der Waals surface area contributed by atoms with E-state index in [1.54, 1.807) is 0 Å². The van der Waals surface area contributed by atoms with Gasteiger partial charge in [0.15, 0.2) is 0 Å². The summed E-state index contributed by atoms with van der Waals surface area (Å²) < 4.78 is 0. The normalized spacial score (nSPS) is 25.5. The van der Waals surface area contributed by atoms with E-state index < -0.39 is 0 Å². The summed E-state index contributed by atoms with van der Waals surface area (Å²) in [5, 5.41) is 0. The number of nitrogens with two attached hydrogens (primary N) is 1. The molecule has 0 saturated carbocycles. The maximum Gasteiger partial charge on any atom is 0.239 e. The first-order chi connectivity index (χ1) is 7.22. The van der Waals surface area contributed by atoms with Gasteiger partial charge in [0, 0.05) is 25.7 Å². The summed E-state index contributed by atoms with van der Waals surface area (Å²) in [4.78, 5) is 16.4. The summed E-state index contributed by atoms with van der Waals surface area (Å²) in [5.74, 6) is 0.143. The molecule has 2 rings (SSSR count). The lowest BCUT2D eigenvalue weighted by molar-refractivity contribution is -0.135. The van der Waals surface area contributed by atoms with E-state index in [1.165, 1.54) is 19.4 Å². The summed E-state index contributed by atoms with van der Waals surface area (Å²) in [6.45, 7) is 5.98. The van der Waals surface area contributed by atoms with Crippen LogP contribution in [0.3, 0.4) is 0 Å². The van der Waals surface area contributed by atoms with Crippen LogP contribution < -0.4 is 5.73 Å². The SMILES string of the molecule is CC[C@H](N)C(=O)N1CCN2CCCC2C1.Cl.Cl. The number of rotatable bonds is 2. The molecule has 2 saturated heterocycles. The van der Waals surface area contributed by atoms with Crippen LogP contribution in [0.1, 0.15) is 26.2 Å². The molecule has 0 aromatic heterocycles. The molecule has 1 unspecified atom stereocenters. The van der Waals surface area contributed by atoms with Crippen LogP contribution in [0, 0.1) is 0 Å². The summed E-state index contributed by atoms with van der Waals surface area (Å²) in [5.41, 5.74) is 5.78. The molecule has 2 heterocycles. The Hall–Kier alpha value is -0.0300. The fourth-order valence-electron chi connectivity index (χ4n) is 2.60. The van der Waals surface area contributed by atoms with E-state index in [0.29, 0.717) is 6.04 Å². The number of fused-ring (bicyclic) bond motifs is 1. The highest BCUT2D eigenvalue weighted by Gasteiger charge is 2.33. The van der Waals surface area contributed by atoms with E-state index in [9.17, 15) is 4.79 Å². The average molecular weight is 284 g/mol. The summed E-state index contributed by atoms with van der Waals surface area (Å²) in [6.07, 6.45) is 3.27. The highest BCUT2D eigenvalue weighted by atomic mass is 35.5. The van der Waals surface area contributed by atoms with Gasteiger partial charge in [-0.3, -0.25) is 9.69 Å². The summed E-state index contributed by atoms with van der Waals surface area (Å²) in [7, 11) is 0. The molecule has 0 aromatic carbocycles. The van der Waals surface area contributed by atoms with Crippen molar-refractivity contribution in [1.29, 1.82) is 0 Å². The third kappa shape index (κ3) is 3.71. The predicted molar refractivity (Wildman–Crippen MR) is 73.9 cm³/mol. The van der Waals surface area contributed by atoms with Gasteiger partial charge in [0.25, 0.3) is 0 Å². The van der Waals surface area contributed by atoms with Crippen LogP contribution in [0.2, 0.25) is 0 Å². The monoisotopic (exact) mass is 283 g/mol. The van der Waals surface area contributed by atoms with E-state index in [1.807, 2.05) is 11.8 Å². The maximum absolute atomic E-state index is 11.9. The van der Waals surface area contributed by atoms with Crippen LogP contribution >= 0.6 is 24.8 Å². The largest absolute Gasteiger partial charge is 0.338 e. The Morgan fingerprint density at radius 2 is 2.06 bits per heavy atom. The first kappa shape index (κ1) is 17.0. The second-order valence-electron chi connectivity index (χ2n) is 4.63. The van der Waals surface area contributed by atoms with Crippen LogP contribution in [-0.2, 0) is 4.79 Å². The van der Waals surface area contributed by atoms with Gasteiger partial charge in [-0.05, 0) is 25.8 Å². The molecule has 2 atom stereocenters. The molecule has 2 fully saturated rings. The standard InChI is InChI=1S/C11H21N3O.2ClH/c1-2-10(12)11(15)14-7-6-13-5-3-4-9(13)8-14;;/h9-10H,2-8,12H2,1H3;2*1H/t9?,10-;;/m0../s1. The predicted octanol–water partition coefficient (Wildman–Crippen LogP) is 0.874. The van der Waals surface area contributed by atoms with Crippen molar-refractivity contribution in [2.75, 3.05) is 26.2 Å². The molecule has 4 nitrogen and oxygen atoms in total. The highest BCUT2D eigenvalue weighted by molar-refractivity contribution is 5.85. The van der Waals surface area contributed by atoms with Gasteiger partial charge in [-0.2, -0.15) is 0 Å². The van der Waals surface area contributed by atoms with Crippen molar-refractivity contribution in [3.05, 3.63) is 0 Å². The number of piperazine rings is 1. The first-order valence-electron chi connectivity index (χ1n) is 6.00. The van der Waals surface area contributed by atoms with Gasteiger partial charge >= 0.3 is 0 Å².